The number of aryl methyl sites for hydroxylation is 1. The van der Waals surface area contributed by atoms with Crippen molar-refractivity contribution < 1.29 is 18.7 Å². The maximum Gasteiger partial charge on any atom is 0.292 e. The molecule has 0 aliphatic rings. The van der Waals surface area contributed by atoms with Crippen LogP contribution in [0.3, 0.4) is 0 Å². The summed E-state index contributed by atoms with van der Waals surface area (Å²) in [6.07, 6.45) is 1.83. The van der Waals surface area contributed by atoms with E-state index in [2.05, 4.69) is 29.5 Å². The number of rotatable bonds is 8. The minimum absolute atomic E-state index is 0.192. The van der Waals surface area contributed by atoms with Crippen LogP contribution in [-0.2, 0) is 13.2 Å². The Balaban J connectivity index is 1.34. The molecule has 7 nitrogen and oxygen atoms in total. The highest BCUT2D eigenvalue weighted by Gasteiger charge is 2.13. The number of carbonyl (C=O) groups excluding carboxylic acids is 1. The summed E-state index contributed by atoms with van der Waals surface area (Å²) < 4.78 is 18.3. The van der Waals surface area contributed by atoms with E-state index in [1.807, 2.05) is 36.5 Å². The van der Waals surface area contributed by atoms with E-state index >= 15 is 0 Å². The maximum absolute atomic E-state index is 12.5. The van der Waals surface area contributed by atoms with Gasteiger partial charge in [0.25, 0.3) is 5.91 Å². The summed E-state index contributed by atoms with van der Waals surface area (Å²) in [4.78, 5) is 12.5. The van der Waals surface area contributed by atoms with Gasteiger partial charge in [-0.25, -0.2) is 0 Å². The van der Waals surface area contributed by atoms with Gasteiger partial charge in [-0.1, -0.05) is 30.3 Å². The first kappa shape index (κ1) is 20.3. The lowest BCUT2D eigenvalue weighted by atomic mass is 10.1. The SMILES string of the molecule is COc1cccc(OCc2ccc(C(=O)Nc3ccn(Cc4ccccc4C)n3)o2)c1. The second kappa shape index (κ2) is 9.21. The van der Waals surface area contributed by atoms with Crippen molar-refractivity contribution >= 4 is 11.7 Å². The van der Waals surface area contributed by atoms with Gasteiger partial charge in [-0.15, -0.1) is 0 Å². The van der Waals surface area contributed by atoms with Gasteiger partial charge in [0.05, 0.1) is 13.7 Å². The molecule has 0 spiro atoms. The quantitative estimate of drug-likeness (QED) is 0.451. The molecule has 4 aromatic rings. The maximum atomic E-state index is 12.5. The summed E-state index contributed by atoms with van der Waals surface area (Å²) in [6.45, 7) is 2.90. The van der Waals surface area contributed by atoms with E-state index in [0.29, 0.717) is 29.6 Å². The number of methoxy groups -OCH3 is 1. The van der Waals surface area contributed by atoms with Crippen LogP contribution in [0, 0.1) is 6.92 Å². The van der Waals surface area contributed by atoms with Crippen molar-refractivity contribution in [2.45, 2.75) is 20.1 Å². The molecule has 0 atom stereocenters. The first-order valence-corrected chi connectivity index (χ1v) is 9.85. The summed E-state index contributed by atoms with van der Waals surface area (Å²) in [6, 6.07) is 20.5. The number of nitrogens with one attached hydrogen (secondary N) is 1. The number of carbonyl (C=O) groups is 1. The minimum atomic E-state index is -0.367. The number of furan rings is 1. The molecule has 4 rings (SSSR count). The number of amides is 1. The van der Waals surface area contributed by atoms with Gasteiger partial charge in [0, 0.05) is 18.3 Å². The molecule has 31 heavy (non-hydrogen) atoms. The van der Waals surface area contributed by atoms with Crippen molar-refractivity contribution in [1.82, 2.24) is 9.78 Å². The van der Waals surface area contributed by atoms with E-state index in [1.165, 1.54) is 11.1 Å². The van der Waals surface area contributed by atoms with Crippen molar-refractivity contribution in [3.8, 4) is 11.5 Å². The molecule has 0 radical (unpaired) electrons. The smallest absolute Gasteiger partial charge is 0.292 e. The largest absolute Gasteiger partial charge is 0.497 e. The third kappa shape index (κ3) is 5.14. The first-order valence-electron chi connectivity index (χ1n) is 9.85. The Hall–Kier alpha value is -4.00. The van der Waals surface area contributed by atoms with E-state index in [9.17, 15) is 4.79 Å². The molecule has 0 saturated heterocycles. The summed E-state index contributed by atoms with van der Waals surface area (Å²) in [5, 5.41) is 7.18. The van der Waals surface area contributed by atoms with Crippen molar-refractivity contribution in [1.29, 1.82) is 0 Å². The molecular formula is C24H23N3O4. The van der Waals surface area contributed by atoms with Gasteiger partial charge in [0.2, 0.25) is 0 Å². The van der Waals surface area contributed by atoms with Crippen molar-refractivity contribution in [2.24, 2.45) is 0 Å². The number of nitrogens with zero attached hydrogens (tertiary/aromatic N) is 2. The number of hydrogen-bond donors (Lipinski definition) is 1. The molecule has 0 unspecified atom stereocenters. The molecule has 1 N–H and O–H groups in total. The van der Waals surface area contributed by atoms with Crippen molar-refractivity contribution in [3.05, 3.63) is 95.6 Å². The summed E-state index contributed by atoms with van der Waals surface area (Å²) >= 11 is 0. The van der Waals surface area contributed by atoms with Crippen LogP contribution in [-0.4, -0.2) is 22.8 Å². The van der Waals surface area contributed by atoms with Gasteiger partial charge in [-0.3, -0.25) is 9.48 Å². The molecule has 0 saturated carbocycles. The lowest BCUT2D eigenvalue weighted by Crippen LogP contribution is -2.12. The van der Waals surface area contributed by atoms with Crippen LogP contribution in [0.1, 0.15) is 27.4 Å². The van der Waals surface area contributed by atoms with Gasteiger partial charge >= 0.3 is 0 Å². The summed E-state index contributed by atoms with van der Waals surface area (Å²) in [5.74, 6) is 2.19. The Morgan fingerprint density at radius 3 is 2.74 bits per heavy atom. The van der Waals surface area contributed by atoms with Crippen LogP contribution in [0.25, 0.3) is 0 Å². The summed E-state index contributed by atoms with van der Waals surface area (Å²) in [7, 11) is 1.60. The second-order valence-electron chi connectivity index (χ2n) is 7.01. The Morgan fingerprint density at radius 2 is 1.90 bits per heavy atom. The third-order valence-electron chi connectivity index (χ3n) is 4.78. The zero-order chi connectivity index (χ0) is 21.6. The van der Waals surface area contributed by atoms with Crippen molar-refractivity contribution in [2.75, 3.05) is 12.4 Å². The van der Waals surface area contributed by atoms with Crippen molar-refractivity contribution in [3.63, 3.8) is 0 Å². The Labute approximate surface area is 180 Å². The minimum Gasteiger partial charge on any atom is -0.497 e. The van der Waals surface area contributed by atoms with E-state index in [0.717, 1.165) is 0 Å². The van der Waals surface area contributed by atoms with E-state index in [-0.39, 0.29) is 18.3 Å². The number of aromatic nitrogens is 2. The van der Waals surface area contributed by atoms with Gasteiger partial charge in [-0.05, 0) is 42.3 Å². The molecule has 2 aromatic heterocycles. The average Bonchev–Trinajstić information content (AvgIpc) is 3.44. The zero-order valence-corrected chi connectivity index (χ0v) is 17.4. The fraction of sp³-hybridized carbons (Fsp3) is 0.167. The average molecular weight is 417 g/mol. The normalized spacial score (nSPS) is 10.6. The number of benzene rings is 2. The highest BCUT2D eigenvalue weighted by Crippen LogP contribution is 2.20. The Kier molecular flexibility index (Phi) is 6.03. The van der Waals surface area contributed by atoms with Gasteiger partial charge < -0.3 is 19.2 Å². The molecule has 0 aliphatic carbocycles. The molecule has 1 amide bonds. The summed E-state index contributed by atoms with van der Waals surface area (Å²) in [5.41, 5.74) is 2.37. The first-order chi connectivity index (χ1) is 15.1. The van der Waals surface area contributed by atoms with Crippen LogP contribution in [0.5, 0.6) is 11.5 Å². The van der Waals surface area contributed by atoms with Crippen LogP contribution >= 0.6 is 0 Å². The lowest BCUT2D eigenvalue weighted by molar-refractivity contribution is 0.0992. The van der Waals surface area contributed by atoms with Crippen LogP contribution in [0.15, 0.2) is 77.3 Å². The highest BCUT2D eigenvalue weighted by atomic mass is 16.5. The fourth-order valence-electron chi connectivity index (χ4n) is 3.08. The zero-order valence-electron chi connectivity index (χ0n) is 17.4. The van der Waals surface area contributed by atoms with E-state index in [1.54, 1.807) is 36.1 Å². The number of ether oxygens (including phenoxy) is 2. The molecule has 0 bridgehead atoms. The van der Waals surface area contributed by atoms with E-state index < -0.39 is 0 Å². The monoisotopic (exact) mass is 417 g/mol. The number of anilines is 1. The lowest BCUT2D eigenvalue weighted by Gasteiger charge is -2.06. The van der Waals surface area contributed by atoms with E-state index in [4.69, 9.17) is 13.9 Å². The molecule has 0 fully saturated rings. The topological polar surface area (TPSA) is 78.5 Å². The second-order valence-corrected chi connectivity index (χ2v) is 7.01. The fourth-order valence-corrected chi connectivity index (χ4v) is 3.08. The van der Waals surface area contributed by atoms with Crippen LogP contribution < -0.4 is 14.8 Å². The Morgan fingerprint density at radius 1 is 1.06 bits per heavy atom. The third-order valence-corrected chi connectivity index (χ3v) is 4.78. The van der Waals surface area contributed by atoms with Crippen LogP contribution in [0.2, 0.25) is 0 Å². The number of hydrogen-bond acceptors (Lipinski definition) is 5. The molecule has 0 aliphatic heterocycles. The molecule has 158 valence electrons. The molecular weight excluding hydrogens is 394 g/mol. The predicted octanol–water partition coefficient (Wildman–Crippen LogP) is 4.67. The van der Waals surface area contributed by atoms with Crippen LogP contribution in [0.4, 0.5) is 5.82 Å². The highest BCUT2D eigenvalue weighted by molar-refractivity contribution is 6.01. The Bertz CT molecular complexity index is 1180. The standard InChI is InChI=1S/C24H23N3O4/c1-17-6-3-4-7-18(17)15-27-13-12-23(26-27)25-24(28)22-11-10-21(31-22)16-30-20-9-5-8-19(14-20)29-2/h3-14H,15-16H2,1-2H3,(H,25,26,28). The molecule has 2 aromatic carbocycles. The predicted molar refractivity (Wildman–Crippen MR) is 116 cm³/mol. The van der Waals surface area contributed by atoms with Gasteiger partial charge in [0.1, 0.15) is 23.9 Å². The molecule has 7 heteroatoms. The van der Waals surface area contributed by atoms with Gasteiger partial charge in [0.15, 0.2) is 11.6 Å². The van der Waals surface area contributed by atoms with Gasteiger partial charge in [-0.2, -0.15) is 5.10 Å². The molecule has 2 heterocycles.